The Kier molecular flexibility index (Phi) is 4.46. The van der Waals surface area contributed by atoms with Gasteiger partial charge in [-0.25, -0.2) is 4.39 Å². The SMILES string of the molecule is Cc1c(Cl)cc(-c2ccccc2)c(CN)c1-c1ccc(F)cc1. The number of hydrogen-bond acceptors (Lipinski definition) is 1. The molecule has 0 bridgehead atoms. The Bertz CT molecular complexity index is 827. The van der Waals surface area contributed by atoms with E-state index in [0.29, 0.717) is 11.6 Å². The molecule has 0 heterocycles. The summed E-state index contributed by atoms with van der Waals surface area (Å²) in [6.07, 6.45) is 0. The molecule has 0 fully saturated rings. The summed E-state index contributed by atoms with van der Waals surface area (Å²) in [5.74, 6) is -0.258. The summed E-state index contributed by atoms with van der Waals surface area (Å²) in [5, 5.41) is 0.681. The molecule has 0 saturated carbocycles. The van der Waals surface area contributed by atoms with Crippen LogP contribution < -0.4 is 5.73 Å². The highest BCUT2D eigenvalue weighted by Crippen LogP contribution is 2.38. The van der Waals surface area contributed by atoms with E-state index in [-0.39, 0.29) is 5.82 Å². The lowest BCUT2D eigenvalue weighted by atomic mass is 9.88. The van der Waals surface area contributed by atoms with Gasteiger partial charge in [0.05, 0.1) is 0 Å². The standard InChI is InChI=1S/C20H17ClFN/c1-13-19(21)11-17(14-5-3-2-4-6-14)18(12-23)20(13)15-7-9-16(22)10-8-15/h2-11H,12,23H2,1H3. The average Bonchev–Trinajstić information content (AvgIpc) is 2.58. The van der Waals surface area contributed by atoms with Crippen molar-refractivity contribution < 1.29 is 4.39 Å². The van der Waals surface area contributed by atoms with Crippen molar-refractivity contribution in [3.63, 3.8) is 0 Å². The van der Waals surface area contributed by atoms with Crippen LogP contribution in [-0.4, -0.2) is 0 Å². The van der Waals surface area contributed by atoms with Gasteiger partial charge in [0, 0.05) is 11.6 Å². The molecular weight excluding hydrogens is 309 g/mol. The quantitative estimate of drug-likeness (QED) is 0.668. The highest BCUT2D eigenvalue weighted by Gasteiger charge is 2.16. The maximum absolute atomic E-state index is 13.3. The first kappa shape index (κ1) is 15.7. The van der Waals surface area contributed by atoms with E-state index in [1.165, 1.54) is 12.1 Å². The largest absolute Gasteiger partial charge is 0.326 e. The summed E-state index contributed by atoms with van der Waals surface area (Å²) in [6, 6.07) is 18.4. The van der Waals surface area contributed by atoms with Gasteiger partial charge in [0.1, 0.15) is 5.82 Å². The Hall–Kier alpha value is -2.16. The van der Waals surface area contributed by atoms with Crippen molar-refractivity contribution in [2.45, 2.75) is 13.5 Å². The van der Waals surface area contributed by atoms with E-state index >= 15 is 0 Å². The van der Waals surface area contributed by atoms with Crippen molar-refractivity contribution in [3.05, 3.63) is 82.6 Å². The second-order valence-electron chi connectivity index (χ2n) is 5.46. The number of nitrogens with two attached hydrogens (primary N) is 1. The first-order valence-corrected chi connectivity index (χ1v) is 7.83. The number of rotatable bonds is 3. The van der Waals surface area contributed by atoms with Crippen molar-refractivity contribution in [3.8, 4) is 22.3 Å². The van der Waals surface area contributed by atoms with Gasteiger partial charge in [-0.05, 0) is 58.5 Å². The van der Waals surface area contributed by atoms with Crippen LogP contribution in [0.3, 0.4) is 0 Å². The fraction of sp³-hybridized carbons (Fsp3) is 0.100. The first-order chi connectivity index (χ1) is 11.1. The van der Waals surface area contributed by atoms with Gasteiger partial charge in [0.2, 0.25) is 0 Å². The van der Waals surface area contributed by atoms with Crippen LogP contribution in [0.5, 0.6) is 0 Å². The smallest absolute Gasteiger partial charge is 0.123 e. The Morgan fingerprint density at radius 2 is 1.61 bits per heavy atom. The van der Waals surface area contributed by atoms with Crippen molar-refractivity contribution in [2.24, 2.45) is 5.73 Å². The molecule has 0 aliphatic heterocycles. The second kappa shape index (κ2) is 6.53. The lowest BCUT2D eigenvalue weighted by Gasteiger charge is -2.18. The number of halogens is 2. The molecule has 0 atom stereocenters. The normalized spacial score (nSPS) is 10.8. The lowest BCUT2D eigenvalue weighted by Crippen LogP contribution is -2.04. The topological polar surface area (TPSA) is 26.0 Å². The van der Waals surface area contributed by atoms with Crippen LogP contribution in [0.2, 0.25) is 5.02 Å². The zero-order valence-corrected chi connectivity index (χ0v) is 13.6. The predicted molar refractivity (Wildman–Crippen MR) is 94.9 cm³/mol. The Morgan fingerprint density at radius 1 is 0.957 bits per heavy atom. The van der Waals surface area contributed by atoms with Crippen LogP contribution in [0.25, 0.3) is 22.3 Å². The Morgan fingerprint density at radius 3 is 2.22 bits per heavy atom. The third-order valence-corrected chi connectivity index (χ3v) is 4.45. The molecule has 0 radical (unpaired) electrons. The minimum Gasteiger partial charge on any atom is -0.326 e. The van der Waals surface area contributed by atoms with Crippen molar-refractivity contribution in [1.29, 1.82) is 0 Å². The Balaban J connectivity index is 2.30. The van der Waals surface area contributed by atoms with Gasteiger partial charge in [-0.3, -0.25) is 0 Å². The summed E-state index contributed by atoms with van der Waals surface area (Å²) in [5.41, 5.74) is 12.0. The average molecular weight is 326 g/mol. The number of benzene rings is 3. The van der Waals surface area contributed by atoms with Crippen LogP contribution >= 0.6 is 11.6 Å². The van der Waals surface area contributed by atoms with Crippen molar-refractivity contribution >= 4 is 11.6 Å². The first-order valence-electron chi connectivity index (χ1n) is 7.45. The van der Waals surface area contributed by atoms with E-state index in [1.54, 1.807) is 12.1 Å². The lowest BCUT2D eigenvalue weighted by molar-refractivity contribution is 0.628. The minimum absolute atomic E-state index is 0.258. The van der Waals surface area contributed by atoms with Crippen LogP contribution in [-0.2, 0) is 6.54 Å². The van der Waals surface area contributed by atoms with E-state index in [2.05, 4.69) is 0 Å². The molecular formula is C20H17ClFN. The highest BCUT2D eigenvalue weighted by atomic mass is 35.5. The van der Waals surface area contributed by atoms with Crippen LogP contribution in [0, 0.1) is 12.7 Å². The van der Waals surface area contributed by atoms with E-state index in [4.69, 9.17) is 17.3 Å². The molecule has 0 aliphatic rings. The highest BCUT2D eigenvalue weighted by molar-refractivity contribution is 6.32. The van der Waals surface area contributed by atoms with Gasteiger partial charge >= 0.3 is 0 Å². The predicted octanol–water partition coefficient (Wildman–Crippen LogP) is 5.58. The molecule has 0 saturated heterocycles. The monoisotopic (exact) mass is 325 g/mol. The molecule has 0 unspecified atom stereocenters. The molecule has 0 aromatic heterocycles. The van der Waals surface area contributed by atoms with Gasteiger partial charge in [-0.1, -0.05) is 54.1 Å². The van der Waals surface area contributed by atoms with Gasteiger partial charge in [-0.2, -0.15) is 0 Å². The zero-order chi connectivity index (χ0) is 16.4. The van der Waals surface area contributed by atoms with Crippen LogP contribution in [0.4, 0.5) is 4.39 Å². The molecule has 2 N–H and O–H groups in total. The van der Waals surface area contributed by atoms with Gasteiger partial charge in [0.25, 0.3) is 0 Å². The Labute approximate surface area is 140 Å². The molecule has 23 heavy (non-hydrogen) atoms. The maximum Gasteiger partial charge on any atom is 0.123 e. The molecule has 0 aliphatic carbocycles. The third-order valence-electron chi connectivity index (χ3n) is 4.05. The van der Waals surface area contributed by atoms with Crippen LogP contribution in [0.15, 0.2) is 60.7 Å². The van der Waals surface area contributed by atoms with E-state index < -0.39 is 0 Å². The van der Waals surface area contributed by atoms with Gasteiger partial charge in [0.15, 0.2) is 0 Å². The maximum atomic E-state index is 13.3. The van der Waals surface area contributed by atoms with Gasteiger partial charge in [-0.15, -0.1) is 0 Å². The molecule has 0 amide bonds. The summed E-state index contributed by atoms with van der Waals surface area (Å²) < 4.78 is 13.3. The molecule has 3 rings (SSSR count). The van der Waals surface area contributed by atoms with E-state index in [9.17, 15) is 4.39 Å². The molecule has 0 spiro atoms. The molecule has 116 valence electrons. The third kappa shape index (κ3) is 3.00. The van der Waals surface area contributed by atoms with Crippen molar-refractivity contribution in [1.82, 2.24) is 0 Å². The number of hydrogen-bond donors (Lipinski definition) is 1. The summed E-state index contributed by atoms with van der Waals surface area (Å²) in [7, 11) is 0. The summed E-state index contributed by atoms with van der Waals surface area (Å²) >= 11 is 6.46. The zero-order valence-electron chi connectivity index (χ0n) is 12.8. The second-order valence-corrected chi connectivity index (χ2v) is 5.87. The summed E-state index contributed by atoms with van der Waals surface area (Å²) in [6.45, 7) is 2.35. The fourth-order valence-corrected chi connectivity index (χ4v) is 3.10. The van der Waals surface area contributed by atoms with Crippen molar-refractivity contribution in [2.75, 3.05) is 0 Å². The molecule has 3 aromatic carbocycles. The fourth-order valence-electron chi connectivity index (χ4n) is 2.90. The summed E-state index contributed by atoms with van der Waals surface area (Å²) in [4.78, 5) is 0. The van der Waals surface area contributed by atoms with Gasteiger partial charge < -0.3 is 5.73 Å². The molecule has 3 heteroatoms. The molecule has 3 aromatic rings. The van der Waals surface area contributed by atoms with E-state index in [0.717, 1.165) is 33.4 Å². The minimum atomic E-state index is -0.258. The molecule has 1 nitrogen and oxygen atoms in total. The van der Waals surface area contributed by atoms with Crippen LogP contribution in [0.1, 0.15) is 11.1 Å². The van der Waals surface area contributed by atoms with E-state index in [1.807, 2.05) is 43.3 Å².